The quantitative estimate of drug-likeness (QED) is 0.904. The van der Waals surface area contributed by atoms with Gasteiger partial charge in [0.05, 0.1) is 6.54 Å². The minimum absolute atomic E-state index is 0. The number of halogens is 2. The number of carbonyl (C=O) groups excluding carboxylic acids is 2. The Labute approximate surface area is 142 Å². The molecule has 1 aliphatic heterocycles. The summed E-state index contributed by atoms with van der Waals surface area (Å²) < 4.78 is 0. The molecule has 0 aromatic heterocycles. The average Bonchev–Trinajstić information content (AvgIpc) is 2.50. The van der Waals surface area contributed by atoms with Gasteiger partial charge in [0, 0.05) is 43.8 Å². The molecule has 22 heavy (non-hydrogen) atoms. The van der Waals surface area contributed by atoms with Crippen molar-refractivity contribution in [2.45, 2.75) is 6.92 Å². The van der Waals surface area contributed by atoms with E-state index in [-0.39, 0.29) is 30.8 Å². The molecule has 0 unspecified atom stereocenters. The average molecular weight is 346 g/mol. The van der Waals surface area contributed by atoms with Gasteiger partial charge in [0.25, 0.3) is 5.91 Å². The lowest BCUT2D eigenvalue weighted by atomic mass is 10.1. The molecule has 1 N–H and O–H groups in total. The van der Waals surface area contributed by atoms with Gasteiger partial charge in [0.2, 0.25) is 5.91 Å². The van der Waals surface area contributed by atoms with Gasteiger partial charge in [-0.3, -0.25) is 9.59 Å². The zero-order valence-corrected chi connectivity index (χ0v) is 14.3. The van der Waals surface area contributed by atoms with Gasteiger partial charge >= 0.3 is 0 Å². The highest BCUT2D eigenvalue weighted by Gasteiger charge is 2.20. The maximum absolute atomic E-state index is 12.3. The van der Waals surface area contributed by atoms with Gasteiger partial charge in [-0.2, -0.15) is 0 Å². The Hall–Kier alpha value is -1.30. The van der Waals surface area contributed by atoms with Crippen molar-refractivity contribution < 1.29 is 9.59 Å². The first-order valence-electron chi connectivity index (χ1n) is 6.99. The van der Waals surface area contributed by atoms with Crippen molar-refractivity contribution in [3.05, 3.63) is 34.3 Å². The Morgan fingerprint density at radius 3 is 2.55 bits per heavy atom. The first kappa shape index (κ1) is 18.7. The fourth-order valence-corrected chi connectivity index (χ4v) is 2.40. The number of benzene rings is 1. The Balaban J connectivity index is 0.00000242. The largest absolute Gasteiger partial charge is 0.339 e. The minimum atomic E-state index is -0.168. The van der Waals surface area contributed by atoms with E-state index in [0.29, 0.717) is 23.7 Å². The molecule has 1 saturated heterocycles. The number of carbonyl (C=O) groups is 2. The SMILES string of the molecule is Cc1cc(C(=O)N(C)CC(=O)N2CCNCC2)ccc1Cl.Cl. The molecule has 0 spiro atoms. The van der Waals surface area contributed by atoms with E-state index in [1.807, 2.05) is 6.92 Å². The molecular weight excluding hydrogens is 325 g/mol. The summed E-state index contributed by atoms with van der Waals surface area (Å²) in [6.07, 6.45) is 0. The number of likely N-dealkylation sites (N-methyl/N-ethyl adjacent to an activating group) is 1. The molecule has 1 aromatic carbocycles. The first-order chi connectivity index (χ1) is 9.99. The highest BCUT2D eigenvalue weighted by Crippen LogP contribution is 2.17. The van der Waals surface area contributed by atoms with Crippen LogP contribution < -0.4 is 5.32 Å². The van der Waals surface area contributed by atoms with E-state index in [1.54, 1.807) is 30.1 Å². The summed E-state index contributed by atoms with van der Waals surface area (Å²) >= 11 is 5.96. The van der Waals surface area contributed by atoms with E-state index in [4.69, 9.17) is 11.6 Å². The summed E-state index contributed by atoms with van der Waals surface area (Å²) in [6.45, 7) is 4.95. The van der Waals surface area contributed by atoms with E-state index in [1.165, 1.54) is 4.90 Å². The van der Waals surface area contributed by atoms with Gasteiger partial charge in [0.15, 0.2) is 0 Å². The van der Waals surface area contributed by atoms with Gasteiger partial charge in [-0.05, 0) is 30.7 Å². The molecule has 1 aromatic rings. The maximum Gasteiger partial charge on any atom is 0.254 e. The molecule has 0 radical (unpaired) electrons. The second-order valence-electron chi connectivity index (χ2n) is 5.26. The van der Waals surface area contributed by atoms with Gasteiger partial charge in [-0.25, -0.2) is 0 Å². The van der Waals surface area contributed by atoms with E-state index in [0.717, 1.165) is 18.7 Å². The highest BCUT2D eigenvalue weighted by molar-refractivity contribution is 6.31. The summed E-state index contributed by atoms with van der Waals surface area (Å²) in [7, 11) is 1.65. The predicted octanol–water partition coefficient (Wildman–Crippen LogP) is 1.57. The standard InChI is InChI=1S/C15H20ClN3O2.ClH/c1-11-9-12(3-4-13(11)16)15(21)18(2)10-14(20)19-7-5-17-6-8-19;/h3-4,9,17H,5-8,10H2,1-2H3;1H. The van der Waals surface area contributed by atoms with Crippen LogP contribution in [0.15, 0.2) is 18.2 Å². The van der Waals surface area contributed by atoms with Gasteiger partial charge in [-0.15, -0.1) is 12.4 Å². The second-order valence-corrected chi connectivity index (χ2v) is 5.66. The first-order valence-corrected chi connectivity index (χ1v) is 7.37. The van der Waals surface area contributed by atoms with Crippen LogP contribution in [-0.2, 0) is 4.79 Å². The summed E-state index contributed by atoms with van der Waals surface area (Å²) in [5.74, 6) is -0.184. The van der Waals surface area contributed by atoms with Crippen molar-refractivity contribution in [1.82, 2.24) is 15.1 Å². The number of amides is 2. The van der Waals surface area contributed by atoms with E-state index in [2.05, 4.69) is 5.32 Å². The number of aryl methyl sites for hydroxylation is 1. The molecule has 122 valence electrons. The van der Waals surface area contributed by atoms with Crippen LogP contribution in [0.4, 0.5) is 0 Å². The van der Waals surface area contributed by atoms with Crippen LogP contribution in [0.2, 0.25) is 5.02 Å². The third-order valence-corrected chi connectivity index (χ3v) is 4.02. The number of nitrogens with one attached hydrogen (secondary N) is 1. The zero-order chi connectivity index (χ0) is 15.4. The number of nitrogens with zero attached hydrogens (tertiary/aromatic N) is 2. The van der Waals surface area contributed by atoms with Crippen LogP contribution in [0.5, 0.6) is 0 Å². The normalized spacial score (nSPS) is 14.2. The molecule has 0 aliphatic carbocycles. The van der Waals surface area contributed by atoms with Crippen molar-refractivity contribution in [3.63, 3.8) is 0 Å². The molecular formula is C15H21Cl2N3O2. The van der Waals surface area contributed by atoms with Gasteiger partial charge in [0.1, 0.15) is 0 Å². The van der Waals surface area contributed by atoms with Crippen LogP contribution >= 0.6 is 24.0 Å². The Morgan fingerprint density at radius 1 is 1.32 bits per heavy atom. The smallest absolute Gasteiger partial charge is 0.254 e. The molecule has 1 aliphatic rings. The molecule has 1 heterocycles. The number of hydrogen-bond donors (Lipinski definition) is 1. The lowest BCUT2D eigenvalue weighted by Crippen LogP contribution is -2.49. The Bertz CT molecular complexity index is 546. The van der Waals surface area contributed by atoms with Crippen LogP contribution in [0.1, 0.15) is 15.9 Å². The van der Waals surface area contributed by atoms with E-state index >= 15 is 0 Å². The summed E-state index contributed by atoms with van der Waals surface area (Å²) in [5, 5.41) is 3.83. The monoisotopic (exact) mass is 345 g/mol. The fourth-order valence-electron chi connectivity index (χ4n) is 2.29. The molecule has 5 nitrogen and oxygen atoms in total. The van der Waals surface area contributed by atoms with Crippen molar-refractivity contribution >= 4 is 35.8 Å². The predicted molar refractivity (Wildman–Crippen MR) is 89.8 cm³/mol. The lowest BCUT2D eigenvalue weighted by molar-refractivity contribution is -0.132. The topological polar surface area (TPSA) is 52.7 Å². The number of piperazine rings is 1. The van der Waals surface area contributed by atoms with Gasteiger partial charge in [-0.1, -0.05) is 11.6 Å². The minimum Gasteiger partial charge on any atom is -0.339 e. The van der Waals surface area contributed by atoms with Crippen LogP contribution in [0.25, 0.3) is 0 Å². The number of rotatable bonds is 3. The molecule has 2 rings (SSSR count). The fraction of sp³-hybridized carbons (Fsp3) is 0.467. The van der Waals surface area contributed by atoms with Crippen LogP contribution in [-0.4, -0.2) is 61.4 Å². The summed E-state index contributed by atoms with van der Waals surface area (Å²) in [6, 6.07) is 5.13. The molecule has 2 amide bonds. The maximum atomic E-state index is 12.3. The van der Waals surface area contributed by atoms with E-state index < -0.39 is 0 Å². The molecule has 0 bridgehead atoms. The number of hydrogen-bond acceptors (Lipinski definition) is 3. The molecule has 1 fully saturated rings. The third-order valence-electron chi connectivity index (χ3n) is 3.59. The van der Waals surface area contributed by atoms with E-state index in [9.17, 15) is 9.59 Å². The van der Waals surface area contributed by atoms with Crippen LogP contribution in [0, 0.1) is 6.92 Å². The van der Waals surface area contributed by atoms with Crippen molar-refractivity contribution in [2.24, 2.45) is 0 Å². The van der Waals surface area contributed by atoms with Crippen LogP contribution in [0.3, 0.4) is 0 Å². The molecule has 0 atom stereocenters. The summed E-state index contributed by atoms with van der Waals surface area (Å²) in [5.41, 5.74) is 1.40. The summed E-state index contributed by atoms with van der Waals surface area (Å²) in [4.78, 5) is 27.7. The molecule has 0 saturated carbocycles. The Morgan fingerprint density at radius 2 is 1.95 bits per heavy atom. The van der Waals surface area contributed by atoms with Crippen molar-refractivity contribution in [3.8, 4) is 0 Å². The van der Waals surface area contributed by atoms with Crippen molar-refractivity contribution in [2.75, 3.05) is 39.8 Å². The van der Waals surface area contributed by atoms with Gasteiger partial charge < -0.3 is 15.1 Å². The highest BCUT2D eigenvalue weighted by atomic mass is 35.5. The third kappa shape index (κ3) is 4.60. The second kappa shape index (κ2) is 8.36. The zero-order valence-electron chi connectivity index (χ0n) is 12.8. The lowest BCUT2D eigenvalue weighted by Gasteiger charge is -2.29. The van der Waals surface area contributed by atoms with Crippen molar-refractivity contribution in [1.29, 1.82) is 0 Å². The Kier molecular flexibility index (Phi) is 7.13. The molecule has 7 heteroatoms.